The van der Waals surface area contributed by atoms with Crippen LogP contribution in [0.2, 0.25) is 0 Å². The van der Waals surface area contributed by atoms with Gasteiger partial charge in [0, 0.05) is 25.4 Å². The number of carbonyl (C=O) groups is 2. The molecule has 0 saturated carbocycles. The van der Waals surface area contributed by atoms with Crippen LogP contribution in [0.5, 0.6) is 0 Å². The molecule has 0 spiro atoms. The maximum Gasteiger partial charge on any atom is 0.303 e. The van der Waals surface area contributed by atoms with Gasteiger partial charge in [0.15, 0.2) is 9.84 Å². The molecule has 0 radical (unpaired) electrons. The Hall–Kier alpha value is -1.11. The van der Waals surface area contributed by atoms with Crippen LogP contribution in [0.15, 0.2) is 0 Å². The third-order valence-electron chi connectivity index (χ3n) is 3.52. The highest BCUT2D eigenvalue weighted by atomic mass is 32.2. The van der Waals surface area contributed by atoms with Crippen LogP contribution >= 0.6 is 0 Å². The Morgan fingerprint density at radius 1 is 1.35 bits per heavy atom. The molecule has 1 rings (SSSR count). The van der Waals surface area contributed by atoms with Crippen LogP contribution in [-0.4, -0.2) is 54.4 Å². The van der Waals surface area contributed by atoms with Gasteiger partial charge in [-0.2, -0.15) is 0 Å². The number of rotatable bonds is 7. The van der Waals surface area contributed by atoms with Gasteiger partial charge in [0.2, 0.25) is 5.91 Å². The van der Waals surface area contributed by atoms with Gasteiger partial charge < -0.3 is 10.0 Å². The molecule has 0 aliphatic carbocycles. The maximum absolute atomic E-state index is 12.2. The summed E-state index contributed by atoms with van der Waals surface area (Å²) in [6, 6.07) is -0.00527. The standard InChI is InChI=1S/C13H23NO5S/c1-10(2)14(6-3-4-13(16)17)12(15)8-11-5-7-20(18,19)9-11/h10-11H,3-9H2,1-2H3,(H,16,17). The van der Waals surface area contributed by atoms with E-state index in [1.165, 1.54) is 0 Å². The third kappa shape index (κ3) is 5.48. The van der Waals surface area contributed by atoms with Gasteiger partial charge in [0.05, 0.1) is 11.5 Å². The normalized spacial score (nSPS) is 21.1. The molecule has 1 aliphatic rings. The van der Waals surface area contributed by atoms with Gasteiger partial charge in [-0.15, -0.1) is 0 Å². The SMILES string of the molecule is CC(C)N(CCCC(=O)O)C(=O)CC1CCS(=O)(=O)C1. The fourth-order valence-corrected chi connectivity index (χ4v) is 4.33. The predicted molar refractivity (Wildman–Crippen MR) is 75.1 cm³/mol. The molecule has 0 bridgehead atoms. The molecule has 1 aliphatic heterocycles. The fraction of sp³-hybridized carbons (Fsp3) is 0.846. The lowest BCUT2D eigenvalue weighted by Gasteiger charge is -2.27. The number of carboxylic acid groups (broad SMARTS) is 1. The first-order valence-electron chi connectivity index (χ1n) is 6.93. The first-order valence-corrected chi connectivity index (χ1v) is 8.75. The van der Waals surface area contributed by atoms with Gasteiger partial charge in [0.1, 0.15) is 0 Å². The van der Waals surface area contributed by atoms with Gasteiger partial charge in [-0.3, -0.25) is 9.59 Å². The number of aliphatic carboxylic acids is 1. The number of sulfone groups is 1. The fourth-order valence-electron chi connectivity index (χ4n) is 2.47. The minimum atomic E-state index is -2.96. The monoisotopic (exact) mass is 305 g/mol. The van der Waals surface area contributed by atoms with Crippen molar-refractivity contribution in [3.05, 3.63) is 0 Å². The van der Waals surface area contributed by atoms with Crippen molar-refractivity contribution in [2.45, 2.75) is 45.6 Å². The summed E-state index contributed by atoms with van der Waals surface area (Å²) in [4.78, 5) is 24.4. The number of amides is 1. The molecular weight excluding hydrogens is 282 g/mol. The zero-order chi connectivity index (χ0) is 15.3. The minimum Gasteiger partial charge on any atom is -0.481 e. The molecule has 1 saturated heterocycles. The van der Waals surface area contributed by atoms with Gasteiger partial charge >= 0.3 is 5.97 Å². The van der Waals surface area contributed by atoms with Crippen molar-refractivity contribution in [3.8, 4) is 0 Å². The summed E-state index contributed by atoms with van der Waals surface area (Å²) in [7, 11) is -2.96. The lowest BCUT2D eigenvalue weighted by molar-refractivity contribution is -0.138. The van der Waals surface area contributed by atoms with E-state index in [1.807, 2.05) is 13.8 Å². The lowest BCUT2D eigenvalue weighted by atomic mass is 10.0. The van der Waals surface area contributed by atoms with E-state index >= 15 is 0 Å². The zero-order valence-corrected chi connectivity index (χ0v) is 12.9. The minimum absolute atomic E-state index is 0.00527. The molecule has 7 heteroatoms. The highest BCUT2D eigenvalue weighted by Gasteiger charge is 2.31. The maximum atomic E-state index is 12.2. The topological polar surface area (TPSA) is 91.8 Å². The molecule has 1 N–H and O–H groups in total. The van der Waals surface area contributed by atoms with Gasteiger partial charge in [0.25, 0.3) is 0 Å². The summed E-state index contributed by atoms with van der Waals surface area (Å²) in [5.41, 5.74) is 0. The van der Waals surface area contributed by atoms with Crippen LogP contribution in [0.1, 0.15) is 39.5 Å². The molecule has 20 heavy (non-hydrogen) atoms. The van der Waals surface area contributed by atoms with Gasteiger partial charge in [-0.1, -0.05) is 0 Å². The van der Waals surface area contributed by atoms with Crippen LogP contribution in [0.25, 0.3) is 0 Å². The smallest absolute Gasteiger partial charge is 0.303 e. The van der Waals surface area contributed by atoms with E-state index in [-0.39, 0.29) is 42.2 Å². The van der Waals surface area contributed by atoms with Crippen molar-refractivity contribution >= 4 is 21.7 Å². The Morgan fingerprint density at radius 3 is 2.45 bits per heavy atom. The zero-order valence-electron chi connectivity index (χ0n) is 12.0. The van der Waals surface area contributed by atoms with Crippen molar-refractivity contribution < 1.29 is 23.1 Å². The Bertz CT molecular complexity index is 457. The van der Waals surface area contributed by atoms with E-state index in [1.54, 1.807) is 4.90 Å². The summed E-state index contributed by atoms with van der Waals surface area (Å²) in [5.74, 6) is -0.769. The Morgan fingerprint density at radius 2 is 2.00 bits per heavy atom. The van der Waals surface area contributed by atoms with Crippen LogP contribution in [0.3, 0.4) is 0 Å². The second kappa shape index (κ2) is 7.06. The van der Waals surface area contributed by atoms with Gasteiger partial charge in [-0.05, 0) is 32.6 Å². The molecule has 0 aromatic rings. The molecule has 0 aromatic carbocycles. The number of hydrogen-bond acceptors (Lipinski definition) is 4. The van der Waals surface area contributed by atoms with Crippen LogP contribution in [0, 0.1) is 5.92 Å². The number of nitrogens with zero attached hydrogens (tertiary/aromatic N) is 1. The summed E-state index contributed by atoms with van der Waals surface area (Å²) >= 11 is 0. The Kier molecular flexibility index (Phi) is 5.98. The van der Waals surface area contributed by atoms with Crippen LogP contribution < -0.4 is 0 Å². The Labute approximate surface area is 120 Å². The van der Waals surface area contributed by atoms with Crippen molar-refractivity contribution in [1.29, 1.82) is 0 Å². The second-order valence-electron chi connectivity index (χ2n) is 5.65. The largest absolute Gasteiger partial charge is 0.481 e. The van der Waals surface area contributed by atoms with Crippen LogP contribution in [-0.2, 0) is 19.4 Å². The molecule has 1 unspecified atom stereocenters. The first kappa shape index (κ1) is 16.9. The van der Waals surface area contributed by atoms with Crippen molar-refractivity contribution in [2.24, 2.45) is 5.92 Å². The molecule has 1 heterocycles. The van der Waals surface area contributed by atoms with Crippen molar-refractivity contribution in [1.82, 2.24) is 4.90 Å². The quantitative estimate of drug-likeness (QED) is 0.755. The summed E-state index contributed by atoms with van der Waals surface area (Å²) < 4.78 is 22.8. The average Bonchev–Trinajstić information content (AvgIpc) is 2.63. The highest BCUT2D eigenvalue weighted by molar-refractivity contribution is 7.91. The van der Waals surface area contributed by atoms with E-state index in [0.717, 1.165) is 0 Å². The van der Waals surface area contributed by atoms with Crippen molar-refractivity contribution in [2.75, 3.05) is 18.1 Å². The van der Waals surface area contributed by atoms with Gasteiger partial charge in [-0.25, -0.2) is 8.42 Å². The van der Waals surface area contributed by atoms with E-state index in [0.29, 0.717) is 19.4 Å². The number of hydrogen-bond donors (Lipinski definition) is 1. The number of carboxylic acids is 1. The molecular formula is C13H23NO5S. The highest BCUT2D eigenvalue weighted by Crippen LogP contribution is 2.23. The van der Waals surface area contributed by atoms with E-state index in [4.69, 9.17) is 5.11 Å². The Balaban J connectivity index is 2.50. The van der Waals surface area contributed by atoms with E-state index in [9.17, 15) is 18.0 Å². The lowest BCUT2D eigenvalue weighted by Crippen LogP contribution is -2.38. The molecule has 1 atom stereocenters. The van der Waals surface area contributed by atoms with E-state index < -0.39 is 15.8 Å². The van der Waals surface area contributed by atoms with Crippen molar-refractivity contribution in [3.63, 3.8) is 0 Å². The average molecular weight is 305 g/mol. The number of carbonyl (C=O) groups excluding carboxylic acids is 1. The van der Waals surface area contributed by atoms with Crippen LogP contribution in [0.4, 0.5) is 0 Å². The summed E-state index contributed by atoms with van der Waals surface area (Å²) in [6.45, 7) is 4.16. The summed E-state index contributed by atoms with van der Waals surface area (Å²) in [6.07, 6.45) is 1.25. The second-order valence-corrected chi connectivity index (χ2v) is 7.88. The first-order chi connectivity index (χ1) is 9.21. The molecule has 116 valence electrons. The molecule has 0 aromatic heterocycles. The molecule has 1 amide bonds. The molecule has 6 nitrogen and oxygen atoms in total. The third-order valence-corrected chi connectivity index (χ3v) is 5.36. The van der Waals surface area contributed by atoms with E-state index in [2.05, 4.69) is 0 Å². The summed E-state index contributed by atoms with van der Waals surface area (Å²) in [5, 5.41) is 8.62. The molecule has 1 fully saturated rings. The predicted octanol–water partition coefficient (Wildman–Crippen LogP) is 0.913.